The van der Waals surface area contributed by atoms with Gasteiger partial charge in [0.05, 0.1) is 12.3 Å². The van der Waals surface area contributed by atoms with Crippen LogP contribution < -0.4 is 20.1 Å². The molecule has 8 nitrogen and oxygen atoms in total. The largest absolute Gasteiger partial charge is 0.467 e. The molecule has 2 aromatic heterocycles. The Bertz CT molecular complexity index is 1150. The average molecular weight is 455 g/mol. The zero-order chi connectivity index (χ0) is 21.8. The quantitative estimate of drug-likeness (QED) is 0.592. The van der Waals surface area contributed by atoms with Crippen molar-refractivity contribution in [2.45, 2.75) is 24.7 Å². The fourth-order valence-corrected chi connectivity index (χ4v) is 3.84. The molecule has 0 aliphatic carbocycles. The predicted molar refractivity (Wildman–Crippen MR) is 103 cm³/mol. The van der Waals surface area contributed by atoms with E-state index in [0.29, 0.717) is 27.6 Å². The van der Waals surface area contributed by atoms with Crippen molar-refractivity contribution in [1.82, 2.24) is 9.78 Å². The van der Waals surface area contributed by atoms with Crippen LogP contribution in [0.15, 0.2) is 41.0 Å². The summed E-state index contributed by atoms with van der Waals surface area (Å²) in [7, 11) is 0. The Balaban J connectivity index is 1.47. The molecule has 2 atom stereocenters. The van der Waals surface area contributed by atoms with Crippen LogP contribution in [-0.2, 0) is 0 Å². The molecule has 0 saturated heterocycles. The summed E-state index contributed by atoms with van der Waals surface area (Å²) in [6, 6.07) is 5.09. The molecule has 3 aromatic rings. The number of alkyl halides is 3. The first-order valence-corrected chi connectivity index (χ1v) is 9.54. The molecule has 162 valence electrons. The molecule has 0 spiro atoms. The van der Waals surface area contributed by atoms with Crippen LogP contribution in [-0.4, -0.2) is 28.7 Å². The number of rotatable bonds is 3. The minimum Gasteiger partial charge on any atom is -0.467 e. The van der Waals surface area contributed by atoms with Gasteiger partial charge in [-0.25, -0.2) is 4.68 Å². The minimum absolute atomic E-state index is 0.0632. The highest BCUT2D eigenvalue weighted by Crippen LogP contribution is 2.46. The first-order valence-electron chi connectivity index (χ1n) is 9.17. The number of hydrogen-bond donors (Lipinski definition) is 2. The number of anilines is 2. The third-order valence-corrected chi connectivity index (χ3v) is 5.39. The number of carbonyl (C=O) groups excluding carboxylic acids is 1. The molecule has 1 aromatic carbocycles. The van der Waals surface area contributed by atoms with E-state index in [-0.39, 0.29) is 29.7 Å². The molecule has 5 rings (SSSR count). The molecule has 2 unspecified atom stereocenters. The van der Waals surface area contributed by atoms with Crippen LogP contribution in [0, 0.1) is 0 Å². The van der Waals surface area contributed by atoms with E-state index in [9.17, 15) is 18.0 Å². The third-order valence-electron chi connectivity index (χ3n) is 5.03. The van der Waals surface area contributed by atoms with E-state index in [1.807, 2.05) is 0 Å². The van der Waals surface area contributed by atoms with Gasteiger partial charge in [-0.1, -0.05) is 11.6 Å². The van der Waals surface area contributed by atoms with E-state index >= 15 is 0 Å². The lowest BCUT2D eigenvalue weighted by molar-refractivity contribution is -0.174. The highest BCUT2D eigenvalue weighted by molar-refractivity contribution is 6.36. The molecular weight excluding hydrogens is 441 g/mol. The Morgan fingerprint density at radius 3 is 2.81 bits per heavy atom. The van der Waals surface area contributed by atoms with E-state index < -0.39 is 24.2 Å². The maximum absolute atomic E-state index is 13.8. The molecule has 2 N–H and O–H groups in total. The zero-order valence-electron chi connectivity index (χ0n) is 15.6. The minimum atomic E-state index is -4.61. The van der Waals surface area contributed by atoms with Gasteiger partial charge in [-0.15, -0.1) is 0 Å². The van der Waals surface area contributed by atoms with Crippen molar-refractivity contribution < 1.29 is 31.9 Å². The number of fused-ring (bicyclic) bond motifs is 2. The van der Waals surface area contributed by atoms with Crippen LogP contribution >= 0.6 is 11.6 Å². The van der Waals surface area contributed by atoms with E-state index in [1.54, 1.807) is 24.3 Å². The molecule has 0 radical (unpaired) electrons. The number of halogens is 4. The van der Waals surface area contributed by atoms with Gasteiger partial charge in [0.15, 0.2) is 23.2 Å². The molecule has 12 heteroatoms. The highest BCUT2D eigenvalue weighted by Gasteiger charge is 2.48. The monoisotopic (exact) mass is 454 g/mol. The van der Waals surface area contributed by atoms with Crippen molar-refractivity contribution in [3.8, 4) is 11.5 Å². The van der Waals surface area contributed by atoms with Crippen molar-refractivity contribution in [2.75, 3.05) is 17.4 Å². The molecule has 31 heavy (non-hydrogen) atoms. The van der Waals surface area contributed by atoms with E-state index in [2.05, 4.69) is 15.7 Å². The second-order valence-electron chi connectivity index (χ2n) is 6.98. The summed E-state index contributed by atoms with van der Waals surface area (Å²) in [5, 5.41) is 9.14. The number of carbonyl (C=O) groups is 1. The van der Waals surface area contributed by atoms with Crippen molar-refractivity contribution >= 4 is 29.0 Å². The Morgan fingerprint density at radius 2 is 2.06 bits per heavy atom. The molecular formula is C19H14ClF3N4O4. The molecule has 2 aliphatic rings. The number of benzene rings is 1. The van der Waals surface area contributed by atoms with Gasteiger partial charge in [-0.3, -0.25) is 4.79 Å². The number of hydrogen-bond acceptors (Lipinski definition) is 6. The lowest BCUT2D eigenvalue weighted by atomic mass is 10.0. The van der Waals surface area contributed by atoms with Crippen molar-refractivity contribution in [1.29, 1.82) is 0 Å². The van der Waals surface area contributed by atoms with Crippen LogP contribution in [0.3, 0.4) is 0 Å². The van der Waals surface area contributed by atoms with Gasteiger partial charge >= 0.3 is 6.18 Å². The fourth-order valence-electron chi connectivity index (χ4n) is 3.58. The summed E-state index contributed by atoms with van der Waals surface area (Å²) >= 11 is 6.29. The molecule has 1 amide bonds. The van der Waals surface area contributed by atoms with Crippen LogP contribution in [0.2, 0.25) is 5.02 Å². The van der Waals surface area contributed by atoms with Crippen molar-refractivity contribution in [3.05, 3.63) is 53.1 Å². The SMILES string of the molecule is O=C(Nc1ccc2c(c1)OCO2)c1nn2c(c1Cl)NC(c1ccco1)CC2C(F)(F)F. The van der Waals surface area contributed by atoms with Crippen LogP contribution in [0.4, 0.5) is 24.7 Å². The van der Waals surface area contributed by atoms with Gasteiger partial charge in [0, 0.05) is 18.2 Å². The molecule has 0 saturated carbocycles. The number of nitrogens with one attached hydrogen (secondary N) is 2. The number of ether oxygens (including phenoxy) is 2. The number of amides is 1. The summed E-state index contributed by atoms with van der Waals surface area (Å²) in [5.74, 6) is 0.419. The number of aromatic nitrogens is 2. The summed E-state index contributed by atoms with van der Waals surface area (Å²) in [6.45, 7) is 0.0632. The molecule has 0 bridgehead atoms. The van der Waals surface area contributed by atoms with Crippen molar-refractivity contribution in [3.63, 3.8) is 0 Å². The Kier molecular flexibility index (Phi) is 4.50. The van der Waals surface area contributed by atoms with Gasteiger partial charge < -0.3 is 24.5 Å². The van der Waals surface area contributed by atoms with Gasteiger partial charge in [0.1, 0.15) is 16.6 Å². The van der Waals surface area contributed by atoms with E-state index in [1.165, 1.54) is 12.3 Å². The topological polar surface area (TPSA) is 90.5 Å². The van der Waals surface area contributed by atoms with E-state index in [0.717, 1.165) is 0 Å². The lowest BCUT2D eigenvalue weighted by Gasteiger charge is -2.32. The summed E-state index contributed by atoms with van der Waals surface area (Å²) in [4.78, 5) is 12.7. The Hall–Kier alpha value is -3.34. The lowest BCUT2D eigenvalue weighted by Crippen LogP contribution is -2.35. The van der Waals surface area contributed by atoms with Crippen LogP contribution in [0.1, 0.15) is 34.8 Å². The Morgan fingerprint density at radius 1 is 1.26 bits per heavy atom. The standard InChI is InChI=1S/C19H14ClF3N4O4/c20-15-16(18(28)24-9-3-4-12-13(6-9)31-8-30-12)26-27-14(19(21,22)23)7-10(25-17(15)27)11-2-1-5-29-11/h1-6,10,14,25H,7-8H2,(H,24,28). The maximum atomic E-state index is 13.8. The van der Waals surface area contributed by atoms with Crippen LogP contribution in [0.25, 0.3) is 0 Å². The van der Waals surface area contributed by atoms with Gasteiger partial charge in [-0.2, -0.15) is 18.3 Å². The first kappa shape index (κ1) is 19.6. The fraction of sp³-hybridized carbons (Fsp3) is 0.263. The molecule has 0 fully saturated rings. The second kappa shape index (κ2) is 7.12. The maximum Gasteiger partial charge on any atom is 0.410 e. The second-order valence-corrected chi connectivity index (χ2v) is 7.36. The Labute approximate surface area is 177 Å². The first-order chi connectivity index (χ1) is 14.8. The van der Waals surface area contributed by atoms with Crippen LogP contribution in [0.5, 0.6) is 11.5 Å². The average Bonchev–Trinajstić information content (AvgIpc) is 3.46. The van der Waals surface area contributed by atoms with Gasteiger partial charge in [0.25, 0.3) is 5.91 Å². The summed E-state index contributed by atoms with van der Waals surface area (Å²) in [5.41, 5.74) is 0.0151. The molecule has 2 aliphatic heterocycles. The summed E-state index contributed by atoms with van der Waals surface area (Å²) in [6.07, 6.45) is -3.61. The van der Waals surface area contributed by atoms with Gasteiger partial charge in [-0.05, 0) is 24.3 Å². The molecule has 4 heterocycles. The zero-order valence-corrected chi connectivity index (χ0v) is 16.3. The third kappa shape index (κ3) is 3.44. The van der Waals surface area contributed by atoms with E-state index in [4.69, 9.17) is 25.5 Å². The normalized spacial score (nSPS) is 19.6. The smallest absolute Gasteiger partial charge is 0.410 e. The predicted octanol–water partition coefficient (Wildman–Crippen LogP) is 4.77. The number of furan rings is 1. The van der Waals surface area contributed by atoms with Gasteiger partial charge in [0.2, 0.25) is 6.79 Å². The summed E-state index contributed by atoms with van der Waals surface area (Å²) < 4.78 is 57.7. The van der Waals surface area contributed by atoms with Crippen molar-refractivity contribution in [2.24, 2.45) is 0 Å². The number of nitrogens with zero attached hydrogens (tertiary/aromatic N) is 2. The highest BCUT2D eigenvalue weighted by atomic mass is 35.5.